The van der Waals surface area contributed by atoms with E-state index in [1.807, 2.05) is 0 Å². The second-order valence-corrected chi connectivity index (χ2v) is 5.05. The highest BCUT2D eigenvalue weighted by Gasteiger charge is 2.30. The quantitative estimate of drug-likeness (QED) is 0.674. The molecule has 0 atom stereocenters. The summed E-state index contributed by atoms with van der Waals surface area (Å²) in [5.74, 6) is 1.15. The van der Waals surface area contributed by atoms with E-state index >= 15 is 0 Å². The standard InChI is InChI=1S/C12H15ClN2O3/c1-7-2-11(15(16)17)10(13)5-12(7)18-9-3-8(4-9)6-14/h2,5,8-9H,3-4,6,14H2,1H3. The van der Waals surface area contributed by atoms with Crippen LogP contribution in [-0.4, -0.2) is 17.6 Å². The van der Waals surface area contributed by atoms with E-state index in [2.05, 4.69) is 0 Å². The van der Waals surface area contributed by atoms with Gasteiger partial charge in [-0.2, -0.15) is 0 Å². The van der Waals surface area contributed by atoms with Gasteiger partial charge in [0.1, 0.15) is 10.8 Å². The Balaban J connectivity index is 2.10. The largest absolute Gasteiger partial charge is 0.490 e. The minimum atomic E-state index is -0.493. The van der Waals surface area contributed by atoms with Crippen LogP contribution in [0.3, 0.4) is 0 Å². The van der Waals surface area contributed by atoms with E-state index < -0.39 is 4.92 Å². The van der Waals surface area contributed by atoms with E-state index in [0.717, 1.165) is 18.4 Å². The molecule has 0 heterocycles. The highest BCUT2D eigenvalue weighted by Crippen LogP contribution is 2.36. The zero-order valence-corrected chi connectivity index (χ0v) is 10.8. The first-order valence-electron chi connectivity index (χ1n) is 5.82. The topological polar surface area (TPSA) is 78.4 Å². The molecule has 0 aromatic heterocycles. The minimum Gasteiger partial charge on any atom is -0.490 e. The Morgan fingerprint density at radius 2 is 2.22 bits per heavy atom. The lowest BCUT2D eigenvalue weighted by molar-refractivity contribution is -0.384. The number of nitro groups is 1. The normalized spacial score (nSPS) is 22.4. The van der Waals surface area contributed by atoms with Crippen LogP contribution in [0.5, 0.6) is 5.75 Å². The fourth-order valence-corrected chi connectivity index (χ4v) is 2.28. The molecule has 0 saturated heterocycles. The number of aryl methyl sites for hydroxylation is 1. The second-order valence-electron chi connectivity index (χ2n) is 4.64. The van der Waals surface area contributed by atoms with Gasteiger partial charge in [-0.05, 0) is 37.8 Å². The third-order valence-electron chi connectivity index (χ3n) is 3.26. The minimum absolute atomic E-state index is 0.0880. The number of rotatable bonds is 4. The maximum absolute atomic E-state index is 10.7. The monoisotopic (exact) mass is 270 g/mol. The van der Waals surface area contributed by atoms with Crippen LogP contribution in [0.25, 0.3) is 0 Å². The molecule has 0 unspecified atom stereocenters. The fourth-order valence-electron chi connectivity index (χ4n) is 2.06. The Kier molecular flexibility index (Phi) is 3.73. The van der Waals surface area contributed by atoms with Gasteiger partial charge >= 0.3 is 0 Å². The molecule has 1 aliphatic rings. The van der Waals surface area contributed by atoms with Crippen LogP contribution in [0.2, 0.25) is 5.02 Å². The molecule has 0 spiro atoms. The summed E-state index contributed by atoms with van der Waals surface area (Å²) < 4.78 is 5.77. The zero-order valence-electron chi connectivity index (χ0n) is 10.1. The average molecular weight is 271 g/mol. The van der Waals surface area contributed by atoms with Gasteiger partial charge in [0.2, 0.25) is 0 Å². The van der Waals surface area contributed by atoms with E-state index in [0.29, 0.717) is 18.2 Å². The molecule has 0 bridgehead atoms. The smallest absolute Gasteiger partial charge is 0.288 e. The lowest BCUT2D eigenvalue weighted by Crippen LogP contribution is -2.37. The molecule has 6 heteroatoms. The molecule has 1 fully saturated rings. The summed E-state index contributed by atoms with van der Waals surface area (Å²) in [7, 11) is 0. The third-order valence-corrected chi connectivity index (χ3v) is 3.56. The van der Waals surface area contributed by atoms with E-state index in [-0.39, 0.29) is 16.8 Å². The van der Waals surface area contributed by atoms with Crippen LogP contribution in [0.4, 0.5) is 5.69 Å². The van der Waals surface area contributed by atoms with E-state index in [1.54, 1.807) is 6.92 Å². The van der Waals surface area contributed by atoms with Gasteiger partial charge in [-0.1, -0.05) is 11.6 Å². The van der Waals surface area contributed by atoms with Crippen molar-refractivity contribution in [2.45, 2.75) is 25.9 Å². The molecule has 1 saturated carbocycles. The SMILES string of the molecule is Cc1cc([N+](=O)[O-])c(Cl)cc1OC1CC(CN)C1. The Morgan fingerprint density at radius 1 is 1.56 bits per heavy atom. The van der Waals surface area contributed by atoms with Crippen LogP contribution < -0.4 is 10.5 Å². The predicted octanol–water partition coefficient (Wildman–Crippen LogP) is 2.67. The van der Waals surface area contributed by atoms with Crippen molar-refractivity contribution in [3.8, 4) is 5.75 Å². The number of nitrogens with zero attached hydrogens (tertiary/aromatic N) is 1. The number of ether oxygens (including phenoxy) is 1. The summed E-state index contributed by atoms with van der Waals surface area (Å²) in [6.45, 7) is 2.46. The summed E-state index contributed by atoms with van der Waals surface area (Å²) in [4.78, 5) is 10.2. The number of halogens is 1. The molecule has 2 rings (SSSR count). The molecule has 5 nitrogen and oxygen atoms in total. The molecular formula is C12H15ClN2O3. The van der Waals surface area contributed by atoms with E-state index in [1.165, 1.54) is 12.1 Å². The van der Waals surface area contributed by atoms with Crippen molar-refractivity contribution in [2.24, 2.45) is 11.7 Å². The van der Waals surface area contributed by atoms with Crippen LogP contribution in [-0.2, 0) is 0 Å². The van der Waals surface area contributed by atoms with Crippen molar-refractivity contribution in [3.05, 3.63) is 32.8 Å². The molecule has 1 aliphatic carbocycles. The number of nitrogens with two attached hydrogens (primary N) is 1. The van der Waals surface area contributed by atoms with Crippen molar-refractivity contribution < 1.29 is 9.66 Å². The van der Waals surface area contributed by atoms with E-state index in [4.69, 9.17) is 22.1 Å². The summed E-state index contributed by atoms with van der Waals surface area (Å²) in [6, 6.07) is 2.96. The van der Waals surface area contributed by atoms with Crippen LogP contribution in [0.15, 0.2) is 12.1 Å². The molecule has 0 radical (unpaired) electrons. The Morgan fingerprint density at radius 3 is 2.78 bits per heavy atom. The van der Waals surface area contributed by atoms with Crippen LogP contribution in [0.1, 0.15) is 18.4 Å². The van der Waals surface area contributed by atoms with Gasteiger partial charge < -0.3 is 10.5 Å². The Labute approximate surface area is 110 Å². The van der Waals surface area contributed by atoms with Gasteiger partial charge in [-0.15, -0.1) is 0 Å². The molecule has 1 aromatic rings. The van der Waals surface area contributed by atoms with Crippen LogP contribution >= 0.6 is 11.6 Å². The summed E-state index contributed by atoms with van der Waals surface area (Å²) >= 11 is 5.86. The summed E-state index contributed by atoms with van der Waals surface area (Å²) in [5, 5.41) is 10.8. The van der Waals surface area contributed by atoms with Gasteiger partial charge in [0, 0.05) is 12.1 Å². The Bertz CT molecular complexity index is 473. The molecule has 98 valence electrons. The summed E-state index contributed by atoms with van der Waals surface area (Å²) in [5.41, 5.74) is 6.18. The molecule has 0 aliphatic heterocycles. The molecule has 0 amide bonds. The lowest BCUT2D eigenvalue weighted by Gasteiger charge is -2.34. The van der Waals surface area contributed by atoms with Crippen molar-refractivity contribution >= 4 is 17.3 Å². The van der Waals surface area contributed by atoms with E-state index in [9.17, 15) is 10.1 Å². The van der Waals surface area contributed by atoms with Crippen molar-refractivity contribution in [3.63, 3.8) is 0 Å². The number of benzene rings is 1. The molecule has 2 N–H and O–H groups in total. The van der Waals surface area contributed by atoms with Crippen molar-refractivity contribution in [1.29, 1.82) is 0 Å². The number of hydrogen-bond acceptors (Lipinski definition) is 4. The maximum atomic E-state index is 10.7. The van der Waals surface area contributed by atoms with Gasteiger partial charge in [0.25, 0.3) is 5.69 Å². The highest BCUT2D eigenvalue weighted by atomic mass is 35.5. The fraction of sp³-hybridized carbons (Fsp3) is 0.500. The van der Waals surface area contributed by atoms with Gasteiger partial charge in [-0.3, -0.25) is 10.1 Å². The second kappa shape index (κ2) is 5.12. The highest BCUT2D eigenvalue weighted by molar-refractivity contribution is 6.32. The molecular weight excluding hydrogens is 256 g/mol. The maximum Gasteiger partial charge on any atom is 0.288 e. The number of hydrogen-bond donors (Lipinski definition) is 1. The molecule has 1 aromatic carbocycles. The van der Waals surface area contributed by atoms with Gasteiger partial charge in [-0.25, -0.2) is 0 Å². The lowest BCUT2D eigenvalue weighted by atomic mass is 9.82. The number of nitro benzene ring substituents is 1. The first kappa shape index (κ1) is 13.1. The first-order valence-corrected chi connectivity index (χ1v) is 6.20. The van der Waals surface area contributed by atoms with Crippen molar-refractivity contribution in [1.82, 2.24) is 0 Å². The van der Waals surface area contributed by atoms with Gasteiger partial charge in [0.15, 0.2) is 0 Å². The van der Waals surface area contributed by atoms with Gasteiger partial charge in [0.05, 0.1) is 11.0 Å². The predicted molar refractivity (Wildman–Crippen MR) is 69.0 cm³/mol. The first-order chi connectivity index (χ1) is 8.51. The zero-order chi connectivity index (χ0) is 13.3. The summed E-state index contributed by atoms with van der Waals surface area (Å²) in [6.07, 6.45) is 2.02. The average Bonchev–Trinajstić information content (AvgIpc) is 2.26. The van der Waals surface area contributed by atoms with Crippen LogP contribution in [0, 0.1) is 23.0 Å². The Hall–Kier alpha value is -1.33. The third kappa shape index (κ3) is 2.57. The van der Waals surface area contributed by atoms with Crippen molar-refractivity contribution in [2.75, 3.05) is 6.54 Å². The molecule has 18 heavy (non-hydrogen) atoms.